The van der Waals surface area contributed by atoms with Gasteiger partial charge in [-0.3, -0.25) is 0 Å². The molecule has 0 aliphatic rings. The number of aliphatic hydroxyl groups excluding tert-OH is 1. The lowest BCUT2D eigenvalue weighted by Gasteiger charge is -2.08. The first-order valence-corrected chi connectivity index (χ1v) is 6.73. The minimum atomic E-state index is -0.578. The summed E-state index contributed by atoms with van der Waals surface area (Å²) in [6.45, 7) is 6.31. The van der Waals surface area contributed by atoms with E-state index in [4.69, 9.17) is 4.74 Å². The van der Waals surface area contributed by atoms with Crippen molar-refractivity contribution in [2.45, 2.75) is 39.7 Å². The number of thiazole rings is 1. The zero-order valence-electron chi connectivity index (χ0n) is 10.5. The van der Waals surface area contributed by atoms with Gasteiger partial charge in [0.25, 0.3) is 0 Å². The van der Waals surface area contributed by atoms with E-state index < -0.39 is 12.1 Å². The maximum Gasteiger partial charge on any atom is 0.357 e. The Bertz CT molecular complexity index is 362. The van der Waals surface area contributed by atoms with Gasteiger partial charge >= 0.3 is 5.97 Å². The van der Waals surface area contributed by atoms with Crippen molar-refractivity contribution in [1.29, 1.82) is 0 Å². The summed E-state index contributed by atoms with van der Waals surface area (Å²) < 4.78 is 4.84. The third-order valence-electron chi connectivity index (χ3n) is 2.31. The highest BCUT2D eigenvalue weighted by atomic mass is 32.1. The average molecular weight is 257 g/mol. The molecule has 0 saturated carbocycles. The van der Waals surface area contributed by atoms with Crippen LogP contribution >= 0.6 is 11.3 Å². The first kappa shape index (κ1) is 14.1. The zero-order chi connectivity index (χ0) is 12.8. The van der Waals surface area contributed by atoms with Crippen molar-refractivity contribution >= 4 is 17.3 Å². The first-order chi connectivity index (χ1) is 8.04. The maximum absolute atomic E-state index is 11.4. The number of hydrogen-bond donors (Lipinski definition) is 1. The van der Waals surface area contributed by atoms with Crippen LogP contribution in [0, 0.1) is 5.92 Å². The van der Waals surface area contributed by atoms with Crippen LogP contribution in [0.25, 0.3) is 0 Å². The number of carbonyl (C=O) groups excluding carboxylic acids is 1. The lowest BCUT2D eigenvalue weighted by atomic mass is 10.1. The second kappa shape index (κ2) is 6.71. The predicted molar refractivity (Wildman–Crippen MR) is 67.1 cm³/mol. The second-order valence-corrected chi connectivity index (χ2v) is 5.17. The molecule has 0 aliphatic heterocycles. The summed E-state index contributed by atoms with van der Waals surface area (Å²) in [4.78, 5) is 15.5. The monoisotopic (exact) mass is 257 g/mol. The number of ether oxygens (including phenoxy) is 1. The van der Waals surface area contributed by atoms with Crippen molar-refractivity contribution in [2.24, 2.45) is 5.92 Å². The van der Waals surface area contributed by atoms with Crippen molar-refractivity contribution in [1.82, 2.24) is 4.98 Å². The average Bonchev–Trinajstić information content (AvgIpc) is 2.75. The van der Waals surface area contributed by atoms with Gasteiger partial charge in [-0.25, -0.2) is 9.78 Å². The van der Waals surface area contributed by atoms with Gasteiger partial charge in [0.15, 0.2) is 5.69 Å². The van der Waals surface area contributed by atoms with Crippen LogP contribution in [0.15, 0.2) is 5.38 Å². The molecular weight excluding hydrogens is 238 g/mol. The fourth-order valence-corrected chi connectivity index (χ4v) is 2.16. The van der Waals surface area contributed by atoms with Gasteiger partial charge in [-0.2, -0.15) is 0 Å². The molecule has 0 saturated heterocycles. The smallest absolute Gasteiger partial charge is 0.357 e. The molecule has 0 amide bonds. The number of aliphatic hydroxyl groups is 1. The van der Waals surface area contributed by atoms with E-state index >= 15 is 0 Å². The third-order valence-corrected chi connectivity index (χ3v) is 3.25. The van der Waals surface area contributed by atoms with Crippen molar-refractivity contribution in [2.75, 3.05) is 6.61 Å². The zero-order valence-corrected chi connectivity index (χ0v) is 11.3. The van der Waals surface area contributed by atoms with E-state index in [2.05, 4.69) is 18.8 Å². The molecule has 1 rings (SSSR count). The number of carbonyl (C=O) groups is 1. The predicted octanol–water partition coefficient (Wildman–Crippen LogP) is 2.79. The molecule has 96 valence electrons. The molecule has 0 aromatic carbocycles. The molecule has 17 heavy (non-hydrogen) atoms. The van der Waals surface area contributed by atoms with Crippen LogP contribution in [0.3, 0.4) is 0 Å². The highest BCUT2D eigenvalue weighted by Gasteiger charge is 2.16. The van der Waals surface area contributed by atoms with Crippen LogP contribution in [-0.4, -0.2) is 22.7 Å². The van der Waals surface area contributed by atoms with Gasteiger partial charge in [0, 0.05) is 5.38 Å². The molecule has 4 nitrogen and oxygen atoms in total. The highest BCUT2D eigenvalue weighted by Crippen LogP contribution is 2.24. The van der Waals surface area contributed by atoms with Gasteiger partial charge in [-0.15, -0.1) is 11.3 Å². The van der Waals surface area contributed by atoms with E-state index in [0.717, 1.165) is 6.42 Å². The Morgan fingerprint density at radius 3 is 2.82 bits per heavy atom. The number of esters is 1. The number of nitrogens with zero attached hydrogens (tertiary/aromatic N) is 1. The summed E-state index contributed by atoms with van der Waals surface area (Å²) in [5.41, 5.74) is 0.287. The lowest BCUT2D eigenvalue weighted by molar-refractivity contribution is 0.0519. The van der Waals surface area contributed by atoms with Gasteiger partial charge in [-0.1, -0.05) is 13.8 Å². The van der Waals surface area contributed by atoms with Crippen molar-refractivity contribution in [3.63, 3.8) is 0 Å². The molecule has 1 aromatic rings. The number of aromatic nitrogens is 1. The first-order valence-electron chi connectivity index (χ1n) is 5.85. The second-order valence-electron chi connectivity index (χ2n) is 4.28. The van der Waals surface area contributed by atoms with Crippen molar-refractivity contribution in [3.8, 4) is 0 Å². The molecule has 1 N–H and O–H groups in total. The standard InChI is InChI=1S/C12H19NO3S/c1-4-16-12(15)9-7-17-11(13-9)10(14)6-5-8(2)3/h7-8,10,14H,4-6H2,1-3H3. The van der Waals surface area contributed by atoms with Crippen molar-refractivity contribution in [3.05, 3.63) is 16.1 Å². The van der Waals surface area contributed by atoms with E-state index in [9.17, 15) is 9.90 Å². The Hall–Kier alpha value is -0.940. The minimum absolute atomic E-state index is 0.287. The normalized spacial score (nSPS) is 12.8. The van der Waals surface area contributed by atoms with Gasteiger partial charge in [0.05, 0.1) is 6.61 Å². The Kier molecular flexibility index (Phi) is 5.58. The quantitative estimate of drug-likeness (QED) is 0.796. The van der Waals surface area contributed by atoms with Gasteiger partial charge in [0.1, 0.15) is 11.1 Å². The Labute approximate surface area is 106 Å². The van der Waals surface area contributed by atoms with E-state index in [-0.39, 0.29) is 5.69 Å². The summed E-state index contributed by atoms with van der Waals surface area (Å²) in [5.74, 6) is 0.125. The van der Waals surface area contributed by atoms with Gasteiger partial charge in [0.2, 0.25) is 0 Å². The summed E-state index contributed by atoms with van der Waals surface area (Å²) in [7, 11) is 0. The van der Waals surface area contributed by atoms with Crippen LogP contribution in [0.4, 0.5) is 0 Å². The van der Waals surface area contributed by atoms with E-state index in [0.29, 0.717) is 24.0 Å². The summed E-state index contributed by atoms with van der Waals surface area (Å²) in [6, 6.07) is 0. The molecule has 0 aliphatic carbocycles. The number of rotatable bonds is 6. The van der Waals surface area contributed by atoms with E-state index in [1.165, 1.54) is 11.3 Å². The van der Waals surface area contributed by atoms with E-state index in [1.54, 1.807) is 12.3 Å². The Morgan fingerprint density at radius 2 is 2.24 bits per heavy atom. The molecule has 0 spiro atoms. The molecule has 1 heterocycles. The van der Waals surface area contributed by atoms with Crippen LogP contribution in [0.2, 0.25) is 0 Å². The maximum atomic E-state index is 11.4. The van der Waals surface area contributed by atoms with Crippen LogP contribution in [0.1, 0.15) is 55.2 Å². The molecule has 1 unspecified atom stereocenters. The largest absolute Gasteiger partial charge is 0.461 e. The van der Waals surface area contributed by atoms with Crippen LogP contribution in [0.5, 0.6) is 0 Å². The van der Waals surface area contributed by atoms with Crippen LogP contribution in [-0.2, 0) is 4.74 Å². The molecule has 1 atom stereocenters. The third kappa shape index (κ3) is 4.44. The Balaban J connectivity index is 2.57. The van der Waals surface area contributed by atoms with Crippen molar-refractivity contribution < 1.29 is 14.6 Å². The topological polar surface area (TPSA) is 59.4 Å². The molecule has 0 fully saturated rings. The summed E-state index contributed by atoms with van der Waals surface area (Å²) in [5, 5.41) is 12.1. The fraction of sp³-hybridized carbons (Fsp3) is 0.667. The van der Waals surface area contributed by atoms with E-state index in [1.807, 2.05) is 0 Å². The summed E-state index contributed by atoms with van der Waals surface area (Å²) in [6.07, 6.45) is 1.04. The SMILES string of the molecule is CCOC(=O)c1csc(C(O)CCC(C)C)n1. The number of hydrogen-bond acceptors (Lipinski definition) is 5. The Morgan fingerprint density at radius 1 is 1.53 bits per heavy atom. The molecule has 0 radical (unpaired) electrons. The lowest BCUT2D eigenvalue weighted by Crippen LogP contribution is -2.06. The molecule has 1 aromatic heterocycles. The summed E-state index contributed by atoms with van der Waals surface area (Å²) >= 11 is 1.30. The molecule has 0 bridgehead atoms. The molecule has 5 heteroatoms. The molecular formula is C12H19NO3S. The van der Waals surface area contributed by atoms with Crippen LogP contribution < -0.4 is 0 Å². The fourth-order valence-electron chi connectivity index (χ4n) is 1.35. The highest BCUT2D eigenvalue weighted by molar-refractivity contribution is 7.09. The minimum Gasteiger partial charge on any atom is -0.461 e. The van der Waals surface area contributed by atoms with Gasteiger partial charge in [-0.05, 0) is 25.7 Å². The van der Waals surface area contributed by atoms with Gasteiger partial charge < -0.3 is 9.84 Å².